The lowest BCUT2D eigenvalue weighted by Gasteiger charge is -2.40. The lowest BCUT2D eigenvalue weighted by atomic mass is 9.61. The molecule has 2 aliphatic heterocycles. The number of rotatable bonds is 12. The molecular weight excluding hydrogens is 769 g/mol. The Morgan fingerprint density at radius 2 is 1.36 bits per heavy atom. The van der Waals surface area contributed by atoms with Gasteiger partial charge in [-0.25, -0.2) is 0 Å². The van der Waals surface area contributed by atoms with E-state index in [0.717, 1.165) is 0 Å². The molecule has 13 nitrogen and oxygen atoms in total. The van der Waals surface area contributed by atoms with Crippen LogP contribution in [-0.2, 0) is 52.6 Å². The van der Waals surface area contributed by atoms with E-state index in [0.29, 0.717) is 0 Å². The van der Waals surface area contributed by atoms with E-state index in [1.807, 2.05) is 0 Å². The van der Waals surface area contributed by atoms with Crippen molar-refractivity contribution >= 4 is 45.8 Å². The Morgan fingerprint density at radius 1 is 0.849 bits per heavy atom. The molecule has 0 aromatic carbocycles. The monoisotopic (exact) mass is 803 g/mol. The van der Waals surface area contributed by atoms with Gasteiger partial charge in [-0.1, -0.05) is 6.92 Å². The molecule has 2 amide bonds. The van der Waals surface area contributed by atoms with Crippen molar-refractivity contribution in [1.29, 1.82) is 0 Å². The molecule has 2 bridgehead atoms. The lowest BCUT2D eigenvalue weighted by Crippen LogP contribution is -2.64. The summed E-state index contributed by atoms with van der Waals surface area (Å²) in [5, 5.41) is 1.44. The van der Waals surface area contributed by atoms with Crippen molar-refractivity contribution in [2.24, 2.45) is 58.7 Å². The van der Waals surface area contributed by atoms with Crippen LogP contribution < -0.4 is 0 Å². The van der Waals surface area contributed by atoms with Crippen LogP contribution in [0.1, 0.15) is 60.8 Å². The van der Waals surface area contributed by atoms with Gasteiger partial charge < -0.3 is 14.6 Å². The zero-order valence-electron chi connectivity index (χ0n) is 28.5. The van der Waals surface area contributed by atoms with Gasteiger partial charge >= 0.3 is 57.3 Å². The Balaban J connectivity index is 1.76. The van der Waals surface area contributed by atoms with E-state index >= 15 is 0 Å². The molecule has 2 aliphatic carbocycles. The number of cyclic esters (lactones) is 2. The Hall–Kier alpha value is -3.50. The molecule has 2 saturated heterocycles. The highest BCUT2D eigenvalue weighted by Gasteiger charge is 2.86. The highest BCUT2D eigenvalue weighted by molar-refractivity contribution is 7.87. The SMILES string of the molecule is CC1C(=O)OC(=O)C1C1C(CC(CC(C)(C)C(=O)O)C(=O)OC(C)(C)C)C2CC1C1C(=O)N(OS(=O)(=O)C(F)(F)C(F)(F)C(F)(F)C(F)(F)F)C(=O)C21. The zero-order chi connectivity index (χ0) is 41.0. The van der Waals surface area contributed by atoms with Crippen LogP contribution in [0.4, 0.5) is 39.5 Å². The van der Waals surface area contributed by atoms with Crippen LogP contribution in [0.3, 0.4) is 0 Å². The number of amides is 2. The number of alkyl halides is 9. The lowest BCUT2D eigenvalue weighted by molar-refractivity contribution is -0.383. The van der Waals surface area contributed by atoms with Crippen molar-refractivity contribution in [3.63, 3.8) is 0 Å². The van der Waals surface area contributed by atoms with Gasteiger partial charge in [-0.05, 0) is 77.6 Å². The molecule has 0 radical (unpaired) electrons. The number of halogens is 9. The predicted octanol–water partition coefficient (Wildman–Crippen LogP) is 4.34. The number of carbonyl (C=O) groups is 6. The normalized spacial score (nSPS) is 30.5. The minimum absolute atomic E-state index is 0.192. The van der Waals surface area contributed by atoms with E-state index in [1.165, 1.54) is 41.5 Å². The van der Waals surface area contributed by atoms with Gasteiger partial charge in [0.25, 0.3) is 11.8 Å². The molecule has 2 heterocycles. The van der Waals surface area contributed by atoms with Crippen LogP contribution in [-0.4, -0.2) is 83.2 Å². The number of ether oxygens (including phenoxy) is 2. The fraction of sp³-hybridized carbons (Fsp3) is 0.800. The first-order chi connectivity index (χ1) is 23.6. The molecule has 53 heavy (non-hydrogen) atoms. The minimum Gasteiger partial charge on any atom is -0.481 e. The summed E-state index contributed by atoms with van der Waals surface area (Å²) in [5.41, 5.74) is -2.74. The molecule has 0 aromatic rings. The van der Waals surface area contributed by atoms with Crippen LogP contribution in [0.2, 0.25) is 0 Å². The molecule has 4 fully saturated rings. The number of fused-ring (bicyclic) bond motifs is 5. The molecule has 0 spiro atoms. The van der Waals surface area contributed by atoms with Crippen LogP contribution in [0.25, 0.3) is 0 Å². The van der Waals surface area contributed by atoms with E-state index in [2.05, 4.69) is 4.28 Å². The van der Waals surface area contributed by atoms with E-state index in [-0.39, 0.29) is 6.42 Å². The molecule has 9 atom stereocenters. The highest BCUT2D eigenvalue weighted by Crippen LogP contribution is 2.66. The van der Waals surface area contributed by atoms with Crippen molar-refractivity contribution in [2.75, 3.05) is 0 Å². The van der Waals surface area contributed by atoms with Gasteiger partial charge in [0.15, 0.2) is 0 Å². The number of carboxylic acid groups (broad SMARTS) is 1. The Morgan fingerprint density at radius 3 is 1.79 bits per heavy atom. The minimum atomic E-state index is -7.74. The Labute approximate surface area is 294 Å². The summed E-state index contributed by atoms with van der Waals surface area (Å²) in [6, 6.07) is 0. The molecule has 23 heteroatoms. The molecule has 1 N–H and O–H groups in total. The fourth-order valence-electron chi connectivity index (χ4n) is 8.02. The van der Waals surface area contributed by atoms with Gasteiger partial charge in [-0.3, -0.25) is 28.8 Å². The molecule has 4 rings (SSSR count). The first kappa shape index (κ1) is 42.2. The van der Waals surface area contributed by atoms with Gasteiger partial charge in [0, 0.05) is 0 Å². The van der Waals surface area contributed by atoms with Crippen molar-refractivity contribution in [3.8, 4) is 0 Å². The summed E-state index contributed by atoms with van der Waals surface area (Å²) in [6.45, 7) is 8.29. The number of esters is 3. The molecule has 300 valence electrons. The topological polar surface area (TPSA) is 188 Å². The summed E-state index contributed by atoms with van der Waals surface area (Å²) in [7, 11) is -7.71. The Kier molecular flexibility index (Phi) is 10.2. The Bertz CT molecular complexity index is 1710. The molecule has 0 aromatic heterocycles. The summed E-state index contributed by atoms with van der Waals surface area (Å²) < 4.78 is 160. The van der Waals surface area contributed by atoms with E-state index in [4.69, 9.17) is 9.47 Å². The van der Waals surface area contributed by atoms with Crippen molar-refractivity contribution < 1.29 is 95.6 Å². The summed E-state index contributed by atoms with van der Waals surface area (Å²) in [6.07, 6.45) is -8.42. The van der Waals surface area contributed by atoms with Crippen molar-refractivity contribution in [1.82, 2.24) is 5.06 Å². The van der Waals surface area contributed by atoms with E-state index in [9.17, 15) is 81.8 Å². The van der Waals surface area contributed by atoms with Crippen molar-refractivity contribution in [2.45, 2.75) is 89.7 Å². The third kappa shape index (κ3) is 6.66. The molecular formula is C30H34F9NO12S. The van der Waals surface area contributed by atoms with Gasteiger partial charge in [-0.2, -0.15) is 47.9 Å². The van der Waals surface area contributed by atoms with Gasteiger partial charge in [0.2, 0.25) is 0 Å². The standard InChI is InChI=1S/C30H34F9NO12S/c1-10-15(23(45)50-21(10)43)16-12(7-11(9-26(5,6)24(46)47)22(44)51-25(2,3)4)13-8-14(16)18-17(13)19(41)40(20(18)42)52-53(48,49)30(38,39)28(33,34)27(31,32)29(35,36)37/h10-18H,7-9H2,1-6H3,(H,46,47). The second kappa shape index (κ2) is 12.8. The number of aliphatic carboxylic acids is 1. The number of hydroxylamine groups is 2. The number of nitrogens with zero attached hydrogens (tertiary/aromatic N) is 1. The molecule has 9 unspecified atom stereocenters. The first-order valence-corrected chi connectivity index (χ1v) is 17.3. The fourth-order valence-corrected chi connectivity index (χ4v) is 8.89. The van der Waals surface area contributed by atoms with Crippen LogP contribution >= 0.6 is 0 Å². The van der Waals surface area contributed by atoms with Crippen LogP contribution in [0.15, 0.2) is 0 Å². The van der Waals surface area contributed by atoms with E-state index < -0.39 is 151 Å². The van der Waals surface area contributed by atoms with Gasteiger partial charge in [-0.15, -0.1) is 9.35 Å². The van der Waals surface area contributed by atoms with Gasteiger partial charge in [0.05, 0.1) is 35.0 Å². The maximum atomic E-state index is 14.5. The quantitative estimate of drug-likeness (QED) is 0.128. The smallest absolute Gasteiger partial charge is 0.460 e. The summed E-state index contributed by atoms with van der Waals surface area (Å²) in [4.78, 5) is 77.9. The predicted molar refractivity (Wildman–Crippen MR) is 152 cm³/mol. The van der Waals surface area contributed by atoms with E-state index in [1.54, 1.807) is 0 Å². The second-order valence-electron chi connectivity index (χ2n) is 15.4. The van der Waals surface area contributed by atoms with Crippen LogP contribution in [0, 0.1) is 58.7 Å². The summed E-state index contributed by atoms with van der Waals surface area (Å²) in [5.74, 6) is -35.7. The maximum absolute atomic E-state index is 14.5. The summed E-state index contributed by atoms with van der Waals surface area (Å²) >= 11 is 0. The number of imide groups is 1. The third-order valence-corrected chi connectivity index (χ3v) is 11.6. The number of carboxylic acids is 1. The zero-order valence-corrected chi connectivity index (χ0v) is 29.3. The average Bonchev–Trinajstić information content (AvgIpc) is 3.66. The first-order valence-electron chi connectivity index (χ1n) is 15.9. The number of hydrogen-bond donors (Lipinski definition) is 1. The van der Waals surface area contributed by atoms with Crippen molar-refractivity contribution in [3.05, 3.63) is 0 Å². The number of hydrogen-bond acceptors (Lipinski definition) is 11. The van der Waals surface area contributed by atoms with Gasteiger partial charge in [0.1, 0.15) is 5.60 Å². The number of carbonyl (C=O) groups excluding carboxylic acids is 5. The second-order valence-corrected chi connectivity index (χ2v) is 17.0. The van der Waals surface area contributed by atoms with Crippen LogP contribution in [0.5, 0.6) is 0 Å². The third-order valence-electron chi connectivity index (χ3n) is 10.4. The highest BCUT2D eigenvalue weighted by atomic mass is 32.2. The maximum Gasteiger partial charge on any atom is 0.460 e. The average molecular weight is 804 g/mol. The molecule has 2 saturated carbocycles. The largest absolute Gasteiger partial charge is 0.481 e. The molecule has 4 aliphatic rings.